The average molecular weight is 491 g/mol. The molecule has 5 aromatic carbocycles. The van der Waals surface area contributed by atoms with Crippen LogP contribution in [0.5, 0.6) is 0 Å². The lowest BCUT2D eigenvalue weighted by molar-refractivity contribution is 0.0979. The van der Waals surface area contributed by atoms with E-state index >= 15 is 0 Å². The molecular weight excluding hydrogens is 468 g/mol. The number of benzene rings is 5. The van der Waals surface area contributed by atoms with Crippen LogP contribution in [0.15, 0.2) is 108 Å². The summed E-state index contributed by atoms with van der Waals surface area (Å²) in [4.78, 5) is 26.7. The number of para-hydroxylation sites is 1. The van der Waals surface area contributed by atoms with Gasteiger partial charge in [0.25, 0.3) is 0 Å². The second-order valence-corrected chi connectivity index (χ2v) is 9.67. The van der Waals surface area contributed by atoms with Crippen LogP contribution in [0.4, 0.5) is 0 Å². The summed E-state index contributed by atoms with van der Waals surface area (Å²) in [6, 6.07) is 30.9. The van der Waals surface area contributed by atoms with Gasteiger partial charge in [0.2, 0.25) is 0 Å². The fraction of sp³-hybridized carbons (Fsp3) is 0.0286. The predicted octanol–water partition coefficient (Wildman–Crippen LogP) is 8.65. The van der Waals surface area contributed by atoms with Crippen molar-refractivity contribution in [1.29, 1.82) is 0 Å². The molecule has 1 heterocycles. The number of hydrogen-bond donors (Lipinski definition) is 0. The van der Waals surface area contributed by atoms with Crippen LogP contribution in [-0.4, -0.2) is 11.6 Å². The molecule has 0 bridgehead atoms. The topological polar surface area (TPSA) is 47.3 Å². The molecule has 0 N–H and O–H groups in total. The van der Waals surface area contributed by atoms with Crippen LogP contribution in [0.2, 0.25) is 0 Å². The molecule has 0 saturated carbocycles. The number of rotatable bonds is 3. The van der Waals surface area contributed by atoms with Gasteiger partial charge < -0.3 is 4.42 Å². The zero-order valence-corrected chi connectivity index (χ0v) is 20.7. The molecule has 0 spiro atoms. The van der Waals surface area contributed by atoms with Crippen LogP contribution >= 0.6 is 0 Å². The Balaban J connectivity index is 1.56. The zero-order valence-electron chi connectivity index (χ0n) is 20.7. The molecule has 6 aromatic rings. The smallest absolute Gasteiger partial charge is 0.194 e. The van der Waals surface area contributed by atoms with E-state index in [2.05, 4.69) is 37.8 Å². The molecule has 0 aliphatic heterocycles. The van der Waals surface area contributed by atoms with Gasteiger partial charge >= 0.3 is 0 Å². The van der Waals surface area contributed by atoms with Crippen molar-refractivity contribution in [2.24, 2.45) is 0 Å². The summed E-state index contributed by atoms with van der Waals surface area (Å²) in [5.41, 5.74) is 9.24. The Morgan fingerprint density at radius 3 is 2.00 bits per heavy atom. The van der Waals surface area contributed by atoms with Crippen molar-refractivity contribution in [1.82, 2.24) is 0 Å². The lowest BCUT2D eigenvalue weighted by Crippen LogP contribution is -2.20. The van der Waals surface area contributed by atoms with Gasteiger partial charge in [-0.15, -0.1) is 0 Å². The van der Waals surface area contributed by atoms with Crippen molar-refractivity contribution in [3.8, 4) is 22.3 Å². The monoisotopic (exact) mass is 490 g/mol. The van der Waals surface area contributed by atoms with Crippen molar-refractivity contribution in [3.05, 3.63) is 137 Å². The second-order valence-electron chi connectivity index (χ2n) is 9.67. The van der Waals surface area contributed by atoms with E-state index in [-0.39, 0.29) is 11.6 Å². The van der Waals surface area contributed by atoms with Gasteiger partial charge in [0.15, 0.2) is 11.6 Å². The number of aryl methyl sites for hydroxylation is 1. The van der Waals surface area contributed by atoms with Crippen LogP contribution in [-0.2, 0) is 0 Å². The van der Waals surface area contributed by atoms with Gasteiger partial charge in [-0.1, -0.05) is 85.5 Å². The molecule has 0 atom stereocenters. The summed E-state index contributed by atoms with van der Waals surface area (Å²) in [5, 5.41) is 1.99. The Hall–Kier alpha value is -5.02. The average Bonchev–Trinajstić information content (AvgIpc) is 3.35. The third kappa shape index (κ3) is 3.09. The molecule has 3 heteroatoms. The molecule has 1 aliphatic carbocycles. The number of hydrogen-bond acceptors (Lipinski definition) is 3. The summed E-state index contributed by atoms with van der Waals surface area (Å²) in [7, 11) is 0. The molecule has 0 radical (unpaired) electrons. The Morgan fingerprint density at radius 2 is 1.26 bits per heavy atom. The predicted molar refractivity (Wildman–Crippen MR) is 153 cm³/mol. The third-order valence-electron chi connectivity index (χ3n) is 7.56. The Labute approximate surface area is 219 Å². The minimum Gasteiger partial charge on any atom is -0.455 e. The highest BCUT2D eigenvalue weighted by Gasteiger charge is 2.30. The molecule has 1 aliphatic rings. The van der Waals surface area contributed by atoms with E-state index in [1.165, 1.54) is 0 Å². The van der Waals surface area contributed by atoms with Gasteiger partial charge in [0, 0.05) is 38.6 Å². The highest BCUT2D eigenvalue weighted by Crippen LogP contribution is 2.44. The summed E-state index contributed by atoms with van der Waals surface area (Å²) < 4.78 is 6.45. The quantitative estimate of drug-likeness (QED) is 0.249. The van der Waals surface area contributed by atoms with Gasteiger partial charge in [0.1, 0.15) is 11.2 Å². The maximum atomic E-state index is 13.5. The minimum absolute atomic E-state index is 0.127. The van der Waals surface area contributed by atoms with Crippen LogP contribution in [0.3, 0.4) is 0 Å². The fourth-order valence-electron chi connectivity index (χ4n) is 5.72. The first-order valence-corrected chi connectivity index (χ1v) is 12.6. The van der Waals surface area contributed by atoms with Gasteiger partial charge in [-0.05, 0) is 59.0 Å². The molecule has 38 heavy (non-hydrogen) atoms. The maximum Gasteiger partial charge on any atom is 0.194 e. The van der Waals surface area contributed by atoms with Crippen LogP contribution in [0, 0.1) is 6.92 Å². The van der Waals surface area contributed by atoms with Crippen LogP contribution in [0.1, 0.15) is 43.0 Å². The molecule has 3 nitrogen and oxygen atoms in total. The van der Waals surface area contributed by atoms with E-state index in [1.54, 1.807) is 30.3 Å². The van der Waals surface area contributed by atoms with E-state index in [1.807, 2.05) is 48.5 Å². The third-order valence-corrected chi connectivity index (χ3v) is 7.56. The summed E-state index contributed by atoms with van der Waals surface area (Å²) in [6.45, 7) is 6.26. The van der Waals surface area contributed by atoms with Crippen LogP contribution in [0.25, 0.3) is 50.3 Å². The van der Waals surface area contributed by atoms with E-state index in [0.29, 0.717) is 22.3 Å². The minimum atomic E-state index is -0.139. The standard InChI is InChI=1S/C35H22O3/c1-3-22-29(23-11-5-4-10-20(23)2)19-28(35-32(22)27-14-8-9-15-31(27)38-35)21-16-17-26-30(18-21)34(37)25-13-7-6-12-24(25)33(26)36/h3-19H,1H2,2H3. The van der Waals surface area contributed by atoms with Crippen molar-refractivity contribution < 1.29 is 14.0 Å². The lowest BCUT2D eigenvalue weighted by Gasteiger charge is -2.19. The Bertz CT molecular complexity index is 1990. The fourth-order valence-corrected chi connectivity index (χ4v) is 5.72. The number of fused-ring (bicyclic) bond motifs is 5. The highest BCUT2D eigenvalue weighted by atomic mass is 16.3. The van der Waals surface area contributed by atoms with Crippen LogP contribution < -0.4 is 0 Å². The molecule has 7 rings (SSSR count). The summed E-state index contributed by atoms with van der Waals surface area (Å²) >= 11 is 0. The normalized spacial score (nSPS) is 12.6. The number of carbonyl (C=O) groups is 2. The van der Waals surface area contributed by atoms with Gasteiger partial charge in [0.05, 0.1) is 0 Å². The Kier molecular flexibility index (Phi) is 4.82. The molecule has 1 aromatic heterocycles. The number of ketones is 2. The van der Waals surface area contributed by atoms with Crippen molar-refractivity contribution in [2.45, 2.75) is 6.92 Å². The molecule has 0 fully saturated rings. The molecule has 180 valence electrons. The maximum absolute atomic E-state index is 13.5. The first kappa shape index (κ1) is 22.2. The molecule has 0 amide bonds. The summed E-state index contributed by atoms with van der Waals surface area (Å²) in [5.74, 6) is -0.266. The van der Waals surface area contributed by atoms with E-state index in [9.17, 15) is 9.59 Å². The zero-order chi connectivity index (χ0) is 26.0. The van der Waals surface area contributed by atoms with Gasteiger partial charge in [-0.3, -0.25) is 9.59 Å². The van der Waals surface area contributed by atoms with Crippen molar-refractivity contribution >= 4 is 39.6 Å². The second kappa shape index (κ2) is 8.25. The molecule has 0 saturated heterocycles. The van der Waals surface area contributed by atoms with E-state index in [0.717, 1.165) is 55.3 Å². The Morgan fingerprint density at radius 1 is 0.632 bits per heavy atom. The number of carbonyl (C=O) groups excluding carboxylic acids is 2. The van der Waals surface area contributed by atoms with E-state index in [4.69, 9.17) is 4.42 Å². The first-order chi connectivity index (χ1) is 18.6. The van der Waals surface area contributed by atoms with Crippen molar-refractivity contribution in [3.63, 3.8) is 0 Å². The van der Waals surface area contributed by atoms with Gasteiger partial charge in [-0.25, -0.2) is 0 Å². The highest BCUT2D eigenvalue weighted by molar-refractivity contribution is 6.29. The lowest BCUT2D eigenvalue weighted by atomic mass is 9.82. The number of furan rings is 1. The molecular formula is C35H22O3. The van der Waals surface area contributed by atoms with E-state index < -0.39 is 0 Å². The van der Waals surface area contributed by atoms with Crippen molar-refractivity contribution in [2.75, 3.05) is 0 Å². The molecule has 0 unspecified atom stereocenters. The first-order valence-electron chi connectivity index (χ1n) is 12.6. The SMILES string of the molecule is C=Cc1c(-c2ccccc2C)cc(-c2ccc3c(c2)C(=O)c2ccccc2C3=O)c2oc3ccccc3c12. The van der Waals surface area contributed by atoms with Gasteiger partial charge in [-0.2, -0.15) is 0 Å². The largest absolute Gasteiger partial charge is 0.455 e. The summed E-state index contributed by atoms with van der Waals surface area (Å²) in [6.07, 6.45) is 1.89.